The first-order valence-corrected chi connectivity index (χ1v) is 8.02. The SMILES string of the molecule is OCC1(COc2ncc3c4c(c(Br)c(F)c3n2)COC4)CC1(F)F. The van der Waals surface area contributed by atoms with Gasteiger partial charge in [0.25, 0.3) is 5.92 Å². The third-order valence-corrected chi connectivity index (χ3v) is 5.43. The highest BCUT2D eigenvalue weighted by molar-refractivity contribution is 9.10. The molecule has 24 heavy (non-hydrogen) atoms. The lowest BCUT2D eigenvalue weighted by Gasteiger charge is -2.14. The summed E-state index contributed by atoms with van der Waals surface area (Å²) in [7, 11) is 0. The van der Waals surface area contributed by atoms with Crippen molar-refractivity contribution in [3.8, 4) is 6.01 Å². The van der Waals surface area contributed by atoms with Crippen molar-refractivity contribution in [2.75, 3.05) is 13.2 Å². The molecule has 5 nitrogen and oxygen atoms in total. The Bertz CT molecular complexity index is 849. The molecular weight excluding hydrogens is 393 g/mol. The van der Waals surface area contributed by atoms with E-state index < -0.39 is 36.8 Å². The van der Waals surface area contributed by atoms with Crippen LogP contribution in [0.15, 0.2) is 10.7 Å². The number of aliphatic hydroxyl groups excluding tert-OH is 1. The highest BCUT2D eigenvalue weighted by Crippen LogP contribution is 2.60. The van der Waals surface area contributed by atoms with Gasteiger partial charge >= 0.3 is 6.01 Å². The molecule has 1 atom stereocenters. The molecule has 2 aromatic rings. The van der Waals surface area contributed by atoms with E-state index in [1.165, 1.54) is 6.20 Å². The lowest BCUT2D eigenvalue weighted by Crippen LogP contribution is -2.24. The molecule has 0 spiro atoms. The van der Waals surface area contributed by atoms with Crippen LogP contribution >= 0.6 is 15.9 Å². The van der Waals surface area contributed by atoms with E-state index in [0.717, 1.165) is 5.56 Å². The largest absolute Gasteiger partial charge is 0.463 e. The lowest BCUT2D eigenvalue weighted by molar-refractivity contribution is 0.0126. The first kappa shape index (κ1) is 16.0. The van der Waals surface area contributed by atoms with Gasteiger partial charge in [0.2, 0.25) is 0 Å². The van der Waals surface area contributed by atoms with E-state index in [1.54, 1.807) is 0 Å². The van der Waals surface area contributed by atoms with Gasteiger partial charge in [0, 0.05) is 23.6 Å². The number of aliphatic hydroxyl groups is 1. The van der Waals surface area contributed by atoms with Gasteiger partial charge in [-0.05, 0) is 21.5 Å². The van der Waals surface area contributed by atoms with Gasteiger partial charge in [-0.2, -0.15) is 4.98 Å². The molecule has 128 valence electrons. The number of aromatic nitrogens is 2. The van der Waals surface area contributed by atoms with Crippen LogP contribution in [0.25, 0.3) is 10.9 Å². The van der Waals surface area contributed by atoms with Crippen LogP contribution in [0.5, 0.6) is 6.01 Å². The molecule has 1 aliphatic heterocycles. The fourth-order valence-electron chi connectivity index (χ4n) is 2.88. The molecule has 0 bridgehead atoms. The number of alkyl halides is 2. The number of ether oxygens (including phenoxy) is 2. The van der Waals surface area contributed by atoms with Crippen LogP contribution in [0.3, 0.4) is 0 Å². The highest BCUT2D eigenvalue weighted by atomic mass is 79.9. The molecule has 0 radical (unpaired) electrons. The second-order valence-electron chi connectivity index (χ2n) is 6.10. The van der Waals surface area contributed by atoms with E-state index in [9.17, 15) is 13.2 Å². The number of nitrogens with zero attached hydrogens (tertiary/aromatic N) is 2. The minimum Gasteiger partial charge on any atom is -0.463 e. The topological polar surface area (TPSA) is 64.5 Å². The summed E-state index contributed by atoms with van der Waals surface area (Å²) >= 11 is 3.20. The minimum absolute atomic E-state index is 0.0386. The number of halogens is 4. The van der Waals surface area contributed by atoms with Crippen LogP contribution < -0.4 is 4.74 Å². The molecule has 0 saturated heterocycles. The lowest BCUT2D eigenvalue weighted by atomic mass is 10.1. The third-order valence-electron chi connectivity index (χ3n) is 4.61. The standard InChI is InChI=1S/C15H12BrF3N2O3/c16-10-9-3-23-2-8(9)7-1-20-13(21-12(7)11(10)17)24-6-14(5-22)4-15(14,18)19/h1,22H,2-6H2. The first-order valence-electron chi connectivity index (χ1n) is 7.23. The zero-order valence-electron chi connectivity index (χ0n) is 12.3. The van der Waals surface area contributed by atoms with Gasteiger partial charge in [0.1, 0.15) is 12.1 Å². The molecule has 4 rings (SSSR count). The van der Waals surface area contributed by atoms with Crippen LogP contribution in [-0.4, -0.2) is 34.2 Å². The van der Waals surface area contributed by atoms with Gasteiger partial charge in [0.15, 0.2) is 5.82 Å². The fourth-order valence-corrected chi connectivity index (χ4v) is 3.42. The third kappa shape index (κ3) is 2.21. The number of rotatable bonds is 4. The maximum atomic E-state index is 14.5. The van der Waals surface area contributed by atoms with Crippen molar-refractivity contribution in [3.05, 3.63) is 27.6 Å². The zero-order chi connectivity index (χ0) is 17.1. The van der Waals surface area contributed by atoms with Crippen LogP contribution in [-0.2, 0) is 18.0 Å². The Morgan fingerprint density at radius 2 is 2.04 bits per heavy atom. The Balaban J connectivity index is 1.67. The van der Waals surface area contributed by atoms with Gasteiger partial charge in [0.05, 0.1) is 29.7 Å². The molecule has 2 aliphatic rings. The van der Waals surface area contributed by atoms with Gasteiger partial charge in [-0.15, -0.1) is 0 Å². The monoisotopic (exact) mass is 404 g/mol. The van der Waals surface area contributed by atoms with Crippen LogP contribution in [0.1, 0.15) is 17.5 Å². The van der Waals surface area contributed by atoms with E-state index >= 15 is 0 Å². The number of hydrogen-bond donors (Lipinski definition) is 1. The molecule has 1 unspecified atom stereocenters. The predicted molar refractivity (Wildman–Crippen MR) is 80.3 cm³/mol. The summed E-state index contributed by atoms with van der Waals surface area (Å²) in [6, 6.07) is -0.206. The van der Waals surface area contributed by atoms with Crippen molar-refractivity contribution in [1.82, 2.24) is 9.97 Å². The van der Waals surface area contributed by atoms with Crippen molar-refractivity contribution in [3.63, 3.8) is 0 Å². The number of hydrogen-bond acceptors (Lipinski definition) is 5. The smallest absolute Gasteiger partial charge is 0.317 e. The molecule has 9 heteroatoms. The molecule has 2 heterocycles. The Hall–Kier alpha value is -1.45. The van der Waals surface area contributed by atoms with Crippen molar-refractivity contribution in [2.45, 2.75) is 25.6 Å². The van der Waals surface area contributed by atoms with Crippen LogP contribution in [0.4, 0.5) is 13.2 Å². The Labute approximate surface area is 142 Å². The summed E-state index contributed by atoms with van der Waals surface area (Å²) in [4.78, 5) is 7.98. The summed E-state index contributed by atoms with van der Waals surface area (Å²) in [5, 5.41) is 9.65. The van der Waals surface area contributed by atoms with Gasteiger partial charge in [-0.25, -0.2) is 18.2 Å². The van der Waals surface area contributed by atoms with Gasteiger partial charge in [-0.3, -0.25) is 0 Å². The first-order chi connectivity index (χ1) is 11.4. The molecule has 1 aromatic carbocycles. The van der Waals surface area contributed by atoms with E-state index in [4.69, 9.17) is 14.6 Å². The van der Waals surface area contributed by atoms with Crippen molar-refractivity contribution in [1.29, 1.82) is 0 Å². The summed E-state index contributed by atoms with van der Waals surface area (Å²) < 4.78 is 51.9. The number of benzene rings is 1. The second-order valence-corrected chi connectivity index (χ2v) is 6.89. The Kier molecular flexibility index (Phi) is 3.52. The number of fused-ring (bicyclic) bond motifs is 3. The van der Waals surface area contributed by atoms with E-state index in [2.05, 4.69) is 25.9 Å². The van der Waals surface area contributed by atoms with Gasteiger partial charge < -0.3 is 14.6 Å². The Morgan fingerprint density at radius 1 is 1.33 bits per heavy atom. The van der Waals surface area contributed by atoms with Gasteiger partial charge in [-0.1, -0.05) is 0 Å². The average Bonchev–Trinajstić information content (AvgIpc) is 2.91. The van der Waals surface area contributed by atoms with E-state index in [0.29, 0.717) is 24.2 Å². The summed E-state index contributed by atoms with van der Waals surface area (Å²) in [6.45, 7) is -0.500. The Morgan fingerprint density at radius 3 is 2.71 bits per heavy atom. The molecule has 1 N–H and O–H groups in total. The predicted octanol–water partition coefficient (Wildman–Crippen LogP) is 2.96. The van der Waals surface area contributed by atoms with Crippen LogP contribution in [0, 0.1) is 11.2 Å². The molecule has 1 fully saturated rings. The summed E-state index contributed by atoms with van der Waals surface area (Å²) in [5.41, 5.74) is -0.0489. The highest BCUT2D eigenvalue weighted by Gasteiger charge is 2.71. The van der Waals surface area contributed by atoms with E-state index in [1.807, 2.05) is 0 Å². The molecule has 1 aromatic heterocycles. The molecule has 0 amide bonds. The molecule has 1 saturated carbocycles. The summed E-state index contributed by atoms with van der Waals surface area (Å²) in [5.74, 6) is -3.54. The minimum atomic E-state index is -2.97. The zero-order valence-corrected chi connectivity index (χ0v) is 13.9. The maximum Gasteiger partial charge on any atom is 0.317 e. The van der Waals surface area contributed by atoms with Crippen molar-refractivity contribution < 1.29 is 27.8 Å². The molecule has 1 aliphatic carbocycles. The quantitative estimate of drug-likeness (QED) is 0.848. The molecular formula is C15H12BrF3N2O3. The normalized spacial score (nSPS) is 24.2. The van der Waals surface area contributed by atoms with Crippen LogP contribution in [0.2, 0.25) is 0 Å². The summed E-state index contributed by atoms with van der Waals surface area (Å²) in [6.07, 6.45) is 0.951. The fraction of sp³-hybridized carbons (Fsp3) is 0.467. The van der Waals surface area contributed by atoms with E-state index in [-0.39, 0.29) is 16.0 Å². The van der Waals surface area contributed by atoms with Crippen molar-refractivity contribution >= 4 is 26.8 Å². The average molecular weight is 405 g/mol. The maximum absolute atomic E-state index is 14.5. The van der Waals surface area contributed by atoms with Crippen molar-refractivity contribution in [2.24, 2.45) is 5.41 Å². The second kappa shape index (κ2) is 5.27.